The standard InChI is InChI=1S/C23H31N5O6/c1-14(2)9-19(22(31)32)27-21(30)18(11-16-12-24-13-25-16)26-20(29)17(28-23(33)34-3)10-15-7-5-4-6-8-15/h4-8,12-14,17-19H,9-11H2,1-3H3,(H,24,25)(H,26,29)(H,27,30)(H,28,33)(H,31,32)/t17-,18-,19-/m0/s1. The van der Waals surface area contributed by atoms with Crippen LogP contribution in [0.5, 0.6) is 0 Å². The Kier molecular flexibility index (Phi) is 10.1. The highest BCUT2D eigenvalue weighted by Crippen LogP contribution is 2.08. The fourth-order valence-corrected chi connectivity index (χ4v) is 3.32. The summed E-state index contributed by atoms with van der Waals surface area (Å²) >= 11 is 0. The molecule has 11 nitrogen and oxygen atoms in total. The first-order chi connectivity index (χ1) is 16.2. The van der Waals surface area contributed by atoms with Crippen molar-refractivity contribution in [1.82, 2.24) is 25.9 Å². The van der Waals surface area contributed by atoms with Crippen LogP contribution in [0, 0.1) is 5.92 Å². The molecule has 34 heavy (non-hydrogen) atoms. The quantitative estimate of drug-likeness (QED) is 0.307. The number of benzene rings is 1. The summed E-state index contributed by atoms with van der Waals surface area (Å²) in [7, 11) is 1.18. The summed E-state index contributed by atoms with van der Waals surface area (Å²) in [6.07, 6.45) is 2.61. The van der Waals surface area contributed by atoms with Gasteiger partial charge >= 0.3 is 12.1 Å². The van der Waals surface area contributed by atoms with Gasteiger partial charge in [-0.2, -0.15) is 0 Å². The van der Waals surface area contributed by atoms with E-state index in [1.807, 2.05) is 19.9 Å². The maximum Gasteiger partial charge on any atom is 0.407 e. The first kappa shape index (κ1) is 26.4. The minimum atomic E-state index is -1.17. The monoisotopic (exact) mass is 473 g/mol. The zero-order valence-corrected chi connectivity index (χ0v) is 19.4. The van der Waals surface area contributed by atoms with Gasteiger partial charge in [0.15, 0.2) is 0 Å². The molecule has 1 aromatic heterocycles. The SMILES string of the molecule is COC(=O)N[C@@H](Cc1ccccc1)C(=O)N[C@@H](Cc1c[nH]cn1)C(=O)N[C@@H](CC(C)C)C(=O)O. The van der Waals surface area contributed by atoms with Crippen LogP contribution < -0.4 is 16.0 Å². The second-order valence-corrected chi connectivity index (χ2v) is 8.23. The number of H-pyrrole nitrogens is 1. The molecule has 0 aliphatic heterocycles. The van der Waals surface area contributed by atoms with Crippen molar-refractivity contribution in [2.24, 2.45) is 5.92 Å². The van der Waals surface area contributed by atoms with Crippen LogP contribution in [-0.4, -0.2) is 64.2 Å². The van der Waals surface area contributed by atoms with E-state index in [1.165, 1.54) is 13.4 Å². The van der Waals surface area contributed by atoms with Crippen molar-refractivity contribution >= 4 is 23.9 Å². The molecule has 0 saturated heterocycles. The molecule has 0 bridgehead atoms. The van der Waals surface area contributed by atoms with Gasteiger partial charge in [-0.25, -0.2) is 14.6 Å². The summed E-state index contributed by atoms with van der Waals surface area (Å²) in [4.78, 5) is 56.5. The molecule has 2 rings (SSSR count). The van der Waals surface area contributed by atoms with Crippen molar-refractivity contribution < 1.29 is 29.0 Å². The summed E-state index contributed by atoms with van der Waals surface area (Å²) < 4.78 is 4.63. The molecule has 0 unspecified atom stereocenters. The number of carbonyl (C=O) groups is 4. The van der Waals surface area contributed by atoms with Gasteiger partial charge in [0.2, 0.25) is 11.8 Å². The maximum atomic E-state index is 13.1. The number of rotatable bonds is 12. The van der Waals surface area contributed by atoms with Gasteiger partial charge in [-0.1, -0.05) is 44.2 Å². The van der Waals surface area contributed by atoms with Crippen molar-refractivity contribution in [1.29, 1.82) is 0 Å². The normalized spacial score (nSPS) is 13.4. The molecule has 3 amide bonds. The molecule has 0 aliphatic rings. The van der Waals surface area contributed by atoms with Crippen molar-refractivity contribution in [3.05, 3.63) is 54.1 Å². The number of carbonyl (C=O) groups excluding carboxylic acids is 3. The molecule has 0 radical (unpaired) electrons. The van der Waals surface area contributed by atoms with Crippen molar-refractivity contribution in [3.8, 4) is 0 Å². The summed E-state index contributed by atoms with van der Waals surface area (Å²) in [5, 5.41) is 17.1. The lowest BCUT2D eigenvalue weighted by Gasteiger charge is -2.24. The van der Waals surface area contributed by atoms with E-state index in [4.69, 9.17) is 0 Å². The first-order valence-corrected chi connectivity index (χ1v) is 10.9. The Morgan fingerprint density at radius 1 is 0.971 bits per heavy atom. The Morgan fingerprint density at radius 3 is 2.12 bits per heavy atom. The van der Waals surface area contributed by atoms with Crippen LogP contribution in [0.15, 0.2) is 42.9 Å². The molecule has 2 aromatic rings. The topological polar surface area (TPSA) is 163 Å². The van der Waals surface area contributed by atoms with Crippen LogP contribution in [0.25, 0.3) is 0 Å². The van der Waals surface area contributed by atoms with Crippen molar-refractivity contribution in [2.45, 2.75) is 51.2 Å². The number of carboxylic acid groups (broad SMARTS) is 1. The van der Waals surface area contributed by atoms with Gasteiger partial charge in [-0.15, -0.1) is 0 Å². The molecule has 1 aromatic carbocycles. The van der Waals surface area contributed by atoms with Crippen molar-refractivity contribution in [2.75, 3.05) is 7.11 Å². The third-order valence-electron chi connectivity index (χ3n) is 5.00. The van der Waals surface area contributed by atoms with Crippen LogP contribution in [0.1, 0.15) is 31.5 Å². The minimum Gasteiger partial charge on any atom is -0.480 e. The molecule has 0 spiro atoms. The molecule has 1 heterocycles. The van der Waals surface area contributed by atoms with E-state index >= 15 is 0 Å². The van der Waals surface area contributed by atoms with Gasteiger partial charge in [0.05, 0.1) is 19.1 Å². The Balaban J connectivity index is 2.22. The number of imidazole rings is 1. The third-order valence-corrected chi connectivity index (χ3v) is 5.00. The zero-order chi connectivity index (χ0) is 25.1. The van der Waals surface area contributed by atoms with Crippen LogP contribution in [0.2, 0.25) is 0 Å². The number of carboxylic acids is 1. The van der Waals surface area contributed by atoms with E-state index in [0.29, 0.717) is 5.69 Å². The number of methoxy groups -OCH3 is 1. The number of hydrogen-bond acceptors (Lipinski definition) is 6. The van der Waals surface area contributed by atoms with Gasteiger partial charge in [-0.05, 0) is 17.9 Å². The first-order valence-electron chi connectivity index (χ1n) is 10.9. The molecule has 3 atom stereocenters. The second kappa shape index (κ2) is 13.0. The molecular formula is C23H31N5O6. The Hall–Kier alpha value is -3.89. The summed E-state index contributed by atoms with van der Waals surface area (Å²) in [6, 6.07) is 5.77. The minimum absolute atomic E-state index is 0.0192. The Labute approximate surface area is 197 Å². The van der Waals surface area contributed by atoms with Crippen LogP contribution >= 0.6 is 0 Å². The summed E-state index contributed by atoms with van der Waals surface area (Å²) in [5.74, 6) is -2.43. The van der Waals surface area contributed by atoms with Gasteiger partial charge in [-0.3, -0.25) is 9.59 Å². The number of amides is 3. The Bertz CT molecular complexity index is 948. The van der Waals surface area contributed by atoms with Gasteiger partial charge < -0.3 is 30.8 Å². The number of nitrogens with one attached hydrogen (secondary N) is 4. The second-order valence-electron chi connectivity index (χ2n) is 8.23. The molecule has 0 fully saturated rings. The van der Waals surface area contributed by atoms with E-state index in [1.54, 1.807) is 30.5 Å². The molecule has 0 aliphatic carbocycles. The average Bonchev–Trinajstić information content (AvgIpc) is 3.31. The van der Waals surface area contributed by atoms with Crippen LogP contribution in [0.3, 0.4) is 0 Å². The van der Waals surface area contributed by atoms with Crippen LogP contribution in [-0.2, 0) is 32.0 Å². The number of aromatic nitrogens is 2. The predicted molar refractivity (Wildman–Crippen MR) is 123 cm³/mol. The highest BCUT2D eigenvalue weighted by molar-refractivity contribution is 5.93. The largest absolute Gasteiger partial charge is 0.480 e. The van der Waals surface area contributed by atoms with Gasteiger partial charge in [0.1, 0.15) is 18.1 Å². The fraction of sp³-hybridized carbons (Fsp3) is 0.435. The molecular weight excluding hydrogens is 442 g/mol. The highest BCUT2D eigenvalue weighted by atomic mass is 16.5. The predicted octanol–water partition coefficient (Wildman–Crippen LogP) is 1.02. The average molecular weight is 474 g/mol. The molecule has 5 N–H and O–H groups in total. The van der Waals surface area contributed by atoms with Gasteiger partial charge in [0.25, 0.3) is 0 Å². The van der Waals surface area contributed by atoms with E-state index < -0.39 is 42.0 Å². The van der Waals surface area contributed by atoms with E-state index in [-0.39, 0.29) is 25.2 Å². The van der Waals surface area contributed by atoms with E-state index in [0.717, 1.165) is 5.56 Å². The number of hydrogen-bond donors (Lipinski definition) is 5. The van der Waals surface area contributed by atoms with E-state index in [2.05, 4.69) is 30.7 Å². The molecule has 184 valence electrons. The number of aromatic amines is 1. The maximum absolute atomic E-state index is 13.1. The number of alkyl carbamates (subject to hydrolysis) is 1. The van der Waals surface area contributed by atoms with Gasteiger partial charge in [0, 0.05) is 19.0 Å². The third kappa shape index (κ3) is 8.57. The highest BCUT2D eigenvalue weighted by Gasteiger charge is 2.30. The van der Waals surface area contributed by atoms with Crippen molar-refractivity contribution in [3.63, 3.8) is 0 Å². The zero-order valence-electron chi connectivity index (χ0n) is 19.4. The number of ether oxygens (including phenoxy) is 1. The fourth-order valence-electron chi connectivity index (χ4n) is 3.32. The molecule has 0 saturated carbocycles. The lowest BCUT2D eigenvalue weighted by atomic mass is 10.0. The van der Waals surface area contributed by atoms with Crippen LogP contribution in [0.4, 0.5) is 4.79 Å². The number of nitrogens with zero attached hydrogens (tertiary/aromatic N) is 1. The summed E-state index contributed by atoms with van der Waals surface area (Å²) in [6.45, 7) is 3.69. The lowest BCUT2D eigenvalue weighted by Crippen LogP contribution is -2.57. The lowest BCUT2D eigenvalue weighted by molar-refractivity contribution is -0.142. The molecule has 11 heteroatoms. The number of aliphatic carboxylic acids is 1. The van der Waals surface area contributed by atoms with E-state index in [9.17, 15) is 24.3 Å². The summed E-state index contributed by atoms with van der Waals surface area (Å²) in [5.41, 5.74) is 1.28. The Morgan fingerprint density at radius 2 is 1.59 bits per heavy atom. The smallest absolute Gasteiger partial charge is 0.407 e.